The summed E-state index contributed by atoms with van der Waals surface area (Å²) in [5, 5.41) is 9.23. The van der Waals surface area contributed by atoms with Gasteiger partial charge in [-0.3, -0.25) is 0 Å². The first kappa shape index (κ1) is 16.7. The molecule has 0 aromatic heterocycles. The lowest BCUT2D eigenvalue weighted by molar-refractivity contribution is -0.137. The van der Waals surface area contributed by atoms with Gasteiger partial charge < -0.3 is 14.6 Å². The molecule has 0 amide bonds. The number of phenols is 1. The zero-order valence-electron chi connectivity index (χ0n) is 12.8. The summed E-state index contributed by atoms with van der Waals surface area (Å²) < 4.78 is 49.1. The Morgan fingerprint density at radius 2 is 1.12 bits per heavy atom. The molecule has 0 spiro atoms. The van der Waals surface area contributed by atoms with E-state index in [1.807, 2.05) is 0 Å². The van der Waals surface area contributed by atoms with Crippen LogP contribution in [0.2, 0.25) is 0 Å². The first-order chi connectivity index (χ1) is 11.9. The molecule has 3 aromatic carbocycles. The number of aromatic hydroxyl groups is 1. The molecule has 3 rings (SSSR count). The highest BCUT2D eigenvalue weighted by Gasteiger charge is 2.30. The average Bonchev–Trinajstić information content (AvgIpc) is 2.58. The van der Waals surface area contributed by atoms with Gasteiger partial charge in [0.1, 0.15) is 28.7 Å². The molecule has 0 aliphatic heterocycles. The Balaban J connectivity index is 1.69. The molecule has 0 atom stereocenters. The predicted octanol–water partition coefficient (Wildman–Crippen LogP) is 6.00. The normalized spacial score (nSPS) is 11.2. The third-order valence-electron chi connectivity index (χ3n) is 3.29. The fourth-order valence-electron chi connectivity index (χ4n) is 2.10. The third kappa shape index (κ3) is 4.44. The van der Waals surface area contributed by atoms with E-state index >= 15 is 0 Å². The molecule has 0 saturated carbocycles. The molecule has 3 nitrogen and oxygen atoms in total. The minimum Gasteiger partial charge on any atom is -0.508 e. The predicted molar refractivity (Wildman–Crippen MR) is 86.1 cm³/mol. The summed E-state index contributed by atoms with van der Waals surface area (Å²) in [7, 11) is 0. The average molecular weight is 346 g/mol. The number of hydrogen-bond donors (Lipinski definition) is 1. The molecule has 1 N–H and O–H groups in total. The van der Waals surface area contributed by atoms with Crippen molar-refractivity contribution in [3.8, 4) is 28.7 Å². The minimum atomic E-state index is -4.42. The summed E-state index contributed by atoms with van der Waals surface area (Å²) >= 11 is 0. The highest BCUT2D eigenvalue weighted by atomic mass is 19.4. The second-order valence-corrected chi connectivity index (χ2v) is 5.20. The molecule has 0 aliphatic carbocycles. The zero-order chi connectivity index (χ0) is 17.9. The van der Waals surface area contributed by atoms with Gasteiger partial charge in [-0.2, -0.15) is 13.2 Å². The van der Waals surface area contributed by atoms with Crippen LogP contribution in [0.15, 0.2) is 72.8 Å². The SMILES string of the molecule is Oc1ccc(Oc2ccc(Oc3cccc(C(F)(F)F)c3)cc2)cc1. The number of benzene rings is 3. The van der Waals surface area contributed by atoms with Gasteiger partial charge in [-0.15, -0.1) is 0 Å². The largest absolute Gasteiger partial charge is 0.508 e. The summed E-state index contributed by atoms with van der Waals surface area (Å²) in [6, 6.07) is 17.4. The molecule has 0 bridgehead atoms. The number of phenolic OH excluding ortho intramolecular Hbond substituents is 1. The second-order valence-electron chi connectivity index (χ2n) is 5.20. The van der Waals surface area contributed by atoms with E-state index in [1.165, 1.54) is 24.3 Å². The molecular formula is C19H13F3O3. The maximum absolute atomic E-state index is 12.7. The van der Waals surface area contributed by atoms with E-state index in [-0.39, 0.29) is 11.5 Å². The van der Waals surface area contributed by atoms with Gasteiger partial charge in [0, 0.05) is 0 Å². The highest BCUT2D eigenvalue weighted by molar-refractivity contribution is 5.39. The van der Waals surface area contributed by atoms with Gasteiger partial charge in [0.2, 0.25) is 0 Å². The Labute approximate surface area is 141 Å². The highest BCUT2D eigenvalue weighted by Crippen LogP contribution is 2.33. The molecule has 0 unspecified atom stereocenters. The van der Waals surface area contributed by atoms with Gasteiger partial charge >= 0.3 is 6.18 Å². The Hall–Kier alpha value is -3.15. The van der Waals surface area contributed by atoms with E-state index in [0.717, 1.165) is 12.1 Å². The fraction of sp³-hybridized carbons (Fsp3) is 0.0526. The van der Waals surface area contributed by atoms with Gasteiger partial charge in [0.15, 0.2) is 0 Å². The first-order valence-electron chi connectivity index (χ1n) is 7.32. The molecule has 0 heterocycles. The van der Waals surface area contributed by atoms with Crippen molar-refractivity contribution in [3.05, 3.63) is 78.4 Å². The maximum atomic E-state index is 12.7. The smallest absolute Gasteiger partial charge is 0.416 e. The number of alkyl halides is 3. The molecular weight excluding hydrogens is 333 g/mol. The molecule has 25 heavy (non-hydrogen) atoms. The lowest BCUT2D eigenvalue weighted by Gasteiger charge is -2.11. The number of halogens is 3. The van der Waals surface area contributed by atoms with Crippen molar-refractivity contribution in [1.29, 1.82) is 0 Å². The summed E-state index contributed by atoms with van der Waals surface area (Å²) in [6.07, 6.45) is -4.42. The van der Waals surface area contributed by atoms with Crippen LogP contribution in [0.1, 0.15) is 5.56 Å². The lowest BCUT2D eigenvalue weighted by Crippen LogP contribution is -2.04. The number of ether oxygens (including phenoxy) is 2. The van der Waals surface area contributed by atoms with E-state index in [4.69, 9.17) is 9.47 Å². The van der Waals surface area contributed by atoms with Gasteiger partial charge in [-0.25, -0.2) is 0 Å². The first-order valence-corrected chi connectivity index (χ1v) is 7.32. The van der Waals surface area contributed by atoms with Crippen molar-refractivity contribution < 1.29 is 27.8 Å². The minimum absolute atomic E-state index is 0.0991. The second kappa shape index (κ2) is 6.76. The third-order valence-corrected chi connectivity index (χ3v) is 3.29. The Morgan fingerprint density at radius 1 is 0.640 bits per heavy atom. The van der Waals surface area contributed by atoms with E-state index in [2.05, 4.69) is 0 Å². The van der Waals surface area contributed by atoms with Crippen molar-refractivity contribution in [2.75, 3.05) is 0 Å². The fourth-order valence-corrected chi connectivity index (χ4v) is 2.10. The molecule has 0 fully saturated rings. The van der Waals surface area contributed by atoms with Crippen LogP contribution in [-0.2, 0) is 6.18 Å². The molecule has 3 aromatic rings. The summed E-state index contributed by atoms with van der Waals surface area (Å²) in [4.78, 5) is 0. The molecule has 128 valence electrons. The molecule has 0 aliphatic rings. The Kier molecular flexibility index (Phi) is 4.52. The van der Waals surface area contributed by atoms with Crippen molar-refractivity contribution in [2.24, 2.45) is 0 Å². The van der Waals surface area contributed by atoms with E-state index in [0.29, 0.717) is 17.2 Å². The summed E-state index contributed by atoms with van der Waals surface area (Å²) in [5.41, 5.74) is -0.766. The zero-order valence-corrected chi connectivity index (χ0v) is 12.8. The van der Waals surface area contributed by atoms with E-state index in [1.54, 1.807) is 36.4 Å². The van der Waals surface area contributed by atoms with Gasteiger partial charge in [0.25, 0.3) is 0 Å². The van der Waals surface area contributed by atoms with Gasteiger partial charge in [-0.05, 0) is 66.7 Å². The lowest BCUT2D eigenvalue weighted by atomic mass is 10.2. The maximum Gasteiger partial charge on any atom is 0.416 e. The molecule has 6 heteroatoms. The van der Waals surface area contributed by atoms with Gasteiger partial charge in [0.05, 0.1) is 5.56 Å². The Morgan fingerprint density at radius 3 is 1.64 bits per heavy atom. The van der Waals surface area contributed by atoms with Crippen LogP contribution in [-0.4, -0.2) is 5.11 Å². The number of hydrogen-bond acceptors (Lipinski definition) is 3. The van der Waals surface area contributed by atoms with Crippen molar-refractivity contribution in [2.45, 2.75) is 6.18 Å². The van der Waals surface area contributed by atoms with Crippen LogP contribution < -0.4 is 9.47 Å². The summed E-state index contributed by atoms with van der Waals surface area (Å²) in [5.74, 6) is 1.70. The number of rotatable bonds is 4. The van der Waals surface area contributed by atoms with Gasteiger partial charge in [-0.1, -0.05) is 6.07 Å². The van der Waals surface area contributed by atoms with Crippen molar-refractivity contribution >= 4 is 0 Å². The molecule has 0 radical (unpaired) electrons. The van der Waals surface area contributed by atoms with Crippen molar-refractivity contribution in [1.82, 2.24) is 0 Å². The Bertz CT molecular complexity index is 841. The van der Waals surface area contributed by atoms with Crippen LogP contribution in [0.3, 0.4) is 0 Å². The van der Waals surface area contributed by atoms with E-state index < -0.39 is 11.7 Å². The standard InChI is InChI=1S/C19H13F3O3/c20-19(21,22)13-2-1-3-18(12-13)25-17-10-8-16(9-11-17)24-15-6-4-14(23)5-7-15/h1-12,23H. The monoisotopic (exact) mass is 346 g/mol. The van der Waals surface area contributed by atoms with Crippen LogP contribution in [0.25, 0.3) is 0 Å². The van der Waals surface area contributed by atoms with Crippen LogP contribution >= 0.6 is 0 Å². The van der Waals surface area contributed by atoms with Crippen LogP contribution in [0.5, 0.6) is 28.7 Å². The van der Waals surface area contributed by atoms with Crippen LogP contribution in [0, 0.1) is 0 Å². The molecule has 0 saturated heterocycles. The van der Waals surface area contributed by atoms with Crippen molar-refractivity contribution in [3.63, 3.8) is 0 Å². The van der Waals surface area contributed by atoms with E-state index in [9.17, 15) is 18.3 Å². The summed E-state index contributed by atoms with van der Waals surface area (Å²) in [6.45, 7) is 0. The quantitative estimate of drug-likeness (QED) is 0.630. The topological polar surface area (TPSA) is 38.7 Å². The van der Waals surface area contributed by atoms with Crippen LogP contribution in [0.4, 0.5) is 13.2 Å².